The van der Waals surface area contributed by atoms with Crippen molar-refractivity contribution in [1.29, 1.82) is 0 Å². The Labute approximate surface area is 113 Å². The fourth-order valence-corrected chi connectivity index (χ4v) is 1.76. The lowest BCUT2D eigenvalue weighted by Gasteiger charge is -2.21. The van der Waals surface area contributed by atoms with Crippen LogP contribution in [0.2, 0.25) is 0 Å². The molecule has 2 rings (SSSR count). The van der Waals surface area contributed by atoms with Crippen LogP contribution in [0.4, 0.5) is 5.69 Å². The Bertz CT molecular complexity index is 329. The number of halogens is 2. The Hall–Kier alpha value is -0.840. The zero-order valence-corrected chi connectivity index (χ0v) is 11.0. The van der Waals surface area contributed by atoms with Gasteiger partial charge in [-0.2, -0.15) is 0 Å². The standard InChI is InChI=1S/C11H15N3O.2ClH/c15-11(9-1-5-12-6-2-9)14-10-3-7-13-8-4-10;;/h3-4,7-9,12H,1-2,5-6H2,(H,13,14,15);2*1H. The van der Waals surface area contributed by atoms with Crippen molar-refractivity contribution in [1.82, 2.24) is 10.3 Å². The Morgan fingerprint density at radius 1 is 1.24 bits per heavy atom. The molecular formula is C11H17Cl2N3O. The number of pyridine rings is 1. The zero-order chi connectivity index (χ0) is 10.5. The first-order valence-corrected chi connectivity index (χ1v) is 5.28. The molecule has 17 heavy (non-hydrogen) atoms. The number of amides is 1. The summed E-state index contributed by atoms with van der Waals surface area (Å²) < 4.78 is 0. The molecule has 1 saturated heterocycles. The predicted molar refractivity (Wildman–Crippen MR) is 73.0 cm³/mol. The Morgan fingerprint density at radius 2 is 1.82 bits per heavy atom. The summed E-state index contributed by atoms with van der Waals surface area (Å²) >= 11 is 0. The fourth-order valence-electron chi connectivity index (χ4n) is 1.76. The van der Waals surface area contributed by atoms with E-state index in [1.807, 2.05) is 0 Å². The molecule has 4 nitrogen and oxygen atoms in total. The van der Waals surface area contributed by atoms with E-state index in [9.17, 15) is 4.79 Å². The Morgan fingerprint density at radius 3 is 2.41 bits per heavy atom. The molecule has 0 aromatic carbocycles. The van der Waals surface area contributed by atoms with Crippen LogP contribution < -0.4 is 10.6 Å². The molecule has 0 radical (unpaired) electrons. The summed E-state index contributed by atoms with van der Waals surface area (Å²) in [6, 6.07) is 3.61. The number of hydrogen-bond acceptors (Lipinski definition) is 3. The SMILES string of the molecule is Cl.Cl.O=C(Nc1ccncc1)C1CCNCC1. The number of piperidine rings is 1. The molecule has 0 bridgehead atoms. The second-order valence-electron chi connectivity index (χ2n) is 3.75. The number of nitrogens with one attached hydrogen (secondary N) is 2. The van der Waals surface area contributed by atoms with Gasteiger partial charge in [0, 0.05) is 24.0 Å². The van der Waals surface area contributed by atoms with Gasteiger partial charge in [-0.1, -0.05) is 0 Å². The van der Waals surface area contributed by atoms with Gasteiger partial charge in [0.2, 0.25) is 5.91 Å². The highest BCUT2D eigenvalue weighted by Crippen LogP contribution is 2.14. The Kier molecular flexibility index (Phi) is 7.87. The quantitative estimate of drug-likeness (QED) is 0.868. The molecule has 1 amide bonds. The van der Waals surface area contributed by atoms with Crippen LogP contribution in [-0.2, 0) is 4.79 Å². The molecule has 2 heterocycles. The van der Waals surface area contributed by atoms with Crippen molar-refractivity contribution < 1.29 is 4.79 Å². The highest BCUT2D eigenvalue weighted by Gasteiger charge is 2.20. The summed E-state index contributed by atoms with van der Waals surface area (Å²) in [6.07, 6.45) is 5.21. The normalized spacial score (nSPS) is 15.3. The van der Waals surface area contributed by atoms with Gasteiger partial charge in [0.25, 0.3) is 0 Å². The number of aromatic nitrogens is 1. The molecule has 96 valence electrons. The van der Waals surface area contributed by atoms with E-state index in [0.717, 1.165) is 31.6 Å². The van der Waals surface area contributed by atoms with Crippen LogP contribution in [0.25, 0.3) is 0 Å². The van der Waals surface area contributed by atoms with Crippen molar-refractivity contribution in [2.24, 2.45) is 5.92 Å². The lowest BCUT2D eigenvalue weighted by Crippen LogP contribution is -2.34. The molecule has 0 spiro atoms. The van der Waals surface area contributed by atoms with E-state index in [0.29, 0.717) is 0 Å². The summed E-state index contributed by atoms with van der Waals surface area (Å²) in [7, 11) is 0. The first kappa shape index (κ1) is 16.2. The summed E-state index contributed by atoms with van der Waals surface area (Å²) in [5, 5.41) is 6.15. The number of hydrogen-bond donors (Lipinski definition) is 2. The van der Waals surface area contributed by atoms with Gasteiger partial charge < -0.3 is 10.6 Å². The maximum atomic E-state index is 11.8. The number of carbonyl (C=O) groups is 1. The van der Waals surface area contributed by atoms with Crippen LogP contribution in [0, 0.1) is 5.92 Å². The molecule has 1 aliphatic rings. The highest BCUT2D eigenvalue weighted by atomic mass is 35.5. The van der Waals surface area contributed by atoms with Gasteiger partial charge in [0.1, 0.15) is 0 Å². The number of nitrogens with zero attached hydrogens (tertiary/aromatic N) is 1. The number of anilines is 1. The first-order valence-electron chi connectivity index (χ1n) is 5.28. The molecule has 2 N–H and O–H groups in total. The molecule has 1 aromatic heterocycles. The maximum absolute atomic E-state index is 11.8. The molecule has 0 saturated carbocycles. The topological polar surface area (TPSA) is 54.0 Å². The molecule has 0 aliphatic carbocycles. The van der Waals surface area contributed by atoms with Gasteiger partial charge >= 0.3 is 0 Å². The third-order valence-corrected chi connectivity index (χ3v) is 2.66. The van der Waals surface area contributed by atoms with Crippen LogP contribution in [-0.4, -0.2) is 24.0 Å². The third kappa shape index (κ3) is 4.89. The van der Waals surface area contributed by atoms with Gasteiger partial charge in [-0.3, -0.25) is 9.78 Å². The van der Waals surface area contributed by atoms with E-state index in [-0.39, 0.29) is 36.6 Å². The highest BCUT2D eigenvalue weighted by molar-refractivity contribution is 5.92. The maximum Gasteiger partial charge on any atom is 0.227 e. The second-order valence-corrected chi connectivity index (χ2v) is 3.75. The van der Waals surface area contributed by atoms with Crippen LogP contribution in [0.5, 0.6) is 0 Å². The van der Waals surface area contributed by atoms with Crippen LogP contribution >= 0.6 is 24.8 Å². The number of rotatable bonds is 2. The van der Waals surface area contributed by atoms with Crippen molar-refractivity contribution in [3.8, 4) is 0 Å². The van der Waals surface area contributed by atoms with Gasteiger partial charge in [0.05, 0.1) is 0 Å². The minimum Gasteiger partial charge on any atom is -0.326 e. The fraction of sp³-hybridized carbons (Fsp3) is 0.455. The molecule has 0 atom stereocenters. The zero-order valence-electron chi connectivity index (χ0n) is 9.39. The van der Waals surface area contributed by atoms with Gasteiger partial charge in [-0.05, 0) is 38.1 Å². The minimum atomic E-state index is 0. The summed E-state index contributed by atoms with van der Waals surface area (Å²) in [4.78, 5) is 15.7. The van der Waals surface area contributed by atoms with Gasteiger partial charge in [-0.15, -0.1) is 24.8 Å². The van der Waals surface area contributed by atoms with Crippen molar-refractivity contribution in [3.63, 3.8) is 0 Å². The average molecular weight is 278 g/mol. The van der Waals surface area contributed by atoms with Gasteiger partial charge in [0.15, 0.2) is 0 Å². The van der Waals surface area contributed by atoms with Crippen LogP contribution in [0.1, 0.15) is 12.8 Å². The second kappa shape index (κ2) is 8.28. The first-order chi connectivity index (χ1) is 7.36. The molecule has 0 unspecified atom stereocenters. The predicted octanol–water partition coefficient (Wildman–Crippen LogP) is 1.86. The molecule has 1 aliphatic heterocycles. The van der Waals surface area contributed by atoms with Crippen LogP contribution in [0.3, 0.4) is 0 Å². The molecule has 1 aromatic rings. The average Bonchev–Trinajstić information content (AvgIpc) is 2.31. The van der Waals surface area contributed by atoms with Crippen molar-refractivity contribution >= 4 is 36.4 Å². The lowest BCUT2D eigenvalue weighted by atomic mass is 9.97. The summed E-state index contributed by atoms with van der Waals surface area (Å²) in [5.74, 6) is 0.280. The van der Waals surface area contributed by atoms with Crippen molar-refractivity contribution in [2.45, 2.75) is 12.8 Å². The lowest BCUT2D eigenvalue weighted by molar-refractivity contribution is -0.120. The van der Waals surface area contributed by atoms with Crippen molar-refractivity contribution in [2.75, 3.05) is 18.4 Å². The van der Waals surface area contributed by atoms with E-state index >= 15 is 0 Å². The largest absolute Gasteiger partial charge is 0.326 e. The van der Waals surface area contributed by atoms with E-state index in [1.54, 1.807) is 24.5 Å². The minimum absolute atomic E-state index is 0. The van der Waals surface area contributed by atoms with E-state index in [4.69, 9.17) is 0 Å². The Balaban J connectivity index is 0.00000128. The molecule has 6 heteroatoms. The van der Waals surface area contributed by atoms with E-state index < -0.39 is 0 Å². The third-order valence-electron chi connectivity index (χ3n) is 2.66. The van der Waals surface area contributed by atoms with Crippen molar-refractivity contribution in [3.05, 3.63) is 24.5 Å². The van der Waals surface area contributed by atoms with Crippen LogP contribution in [0.15, 0.2) is 24.5 Å². The monoisotopic (exact) mass is 277 g/mol. The smallest absolute Gasteiger partial charge is 0.227 e. The number of carbonyl (C=O) groups excluding carboxylic acids is 1. The van der Waals surface area contributed by atoms with E-state index in [2.05, 4.69) is 15.6 Å². The van der Waals surface area contributed by atoms with Gasteiger partial charge in [-0.25, -0.2) is 0 Å². The summed E-state index contributed by atoms with van der Waals surface area (Å²) in [6.45, 7) is 1.88. The summed E-state index contributed by atoms with van der Waals surface area (Å²) in [5.41, 5.74) is 0.827. The molecule has 1 fully saturated rings. The van der Waals surface area contributed by atoms with E-state index in [1.165, 1.54) is 0 Å². The molecular weight excluding hydrogens is 261 g/mol.